The van der Waals surface area contributed by atoms with Crippen LogP contribution >= 0.6 is 11.8 Å². The lowest BCUT2D eigenvalue weighted by atomic mass is 10.3. The molecule has 0 radical (unpaired) electrons. The second kappa shape index (κ2) is 7.58. The van der Waals surface area contributed by atoms with E-state index in [-0.39, 0.29) is 17.3 Å². The van der Waals surface area contributed by atoms with Crippen molar-refractivity contribution in [3.05, 3.63) is 28.3 Å². The minimum absolute atomic E-state index is 0.0130. The Morgan fingerprint density at radius 2 is 2.09 bits per heavy atom. The number of thioether (sulfide) groups is 1. The van der Waals surface area contributed by atoms with E-state index in [1.807, 2.05) is 0 Å². The number of carbonyl (C=O) groups is 1. The van der Waals surface area contributed by atoms with Crippen molar-refractivity contribution >= 4 is 34.2 Å². The first-order chi connectivity index (χ1) is 10.2. The van der Waals surface area contributed by atoms with E-state index in [2.05, 4.69) is 4.74 Å². The minimum atomic E-state index is -5.01. The maximum absolute atomic E-state index is 12.4. The lowest BCUT2D eigenvalue weighted by Gasteiger charge is -2.08. The van der Waals surface area contributed by atoms with Crippen molar-refractivity contribution in [3.8, 4) is 0 Å². The number of hydrogen-bond donors (Lipinski definition) is 0. The summed E-state index contributed by atoms with van der Waals surface area (Å²) >= 11 is 0.755. The highest BCUT2D eigenvalue weighted by Gasteiger charge is 2.38. The van der Waals surface area contributed by atoms with E-state index in [0.29, 0.717) is 6.07 Å². The maximum Gasteiger partial charge on any atom is 0.475 e. The van der Waals surface area contributed by atoms with Gasteiger partial charge in [0.05, 0.1) is 27.1 Å². The lowest BCUT2D eigenvalue weighted by molar-refractivity contribution is -0.387. The molecule has 11 heteroatoms. The first-order valence-electron chi connectivity index (χ1n) is 5.72. The van der Waals surface area contributed by atoms with E-state index in [9.17, 15) is 32.3 Å². The molecule has 0 aliphatic heterocycles. The number of nitro groups is 1. The summed E-state index contributed by atoms with van der Waals surface area (Å²) in [6.45, 7) is 1.73. The van der Waals surface area contributed by atoms with Gasteiger partial charge in [-0.05, 0) is 19.1 Å². The van der Waals surface area contributed by atoms with Crippen molar-refractivity contribution in [2.75, 3.05) is 12.4 Å². The van der Waals surface area contributed by atoms with Crippen molar-refractivity contribution in [3.63, 3.8) is 0 Å². The van der Waals surface area contributed by atoms with Crippen LogP contribution in [0.2, 0.25) is 0 Å². The summed E-state index contributed by atoms with van der Waals surface area (Å²) in [7, 11) is -3.36. The number of rotatable bonds is 6. The van der Waals surface area contributed by atoms with Crippen LogP contribution in [0.1, 0.15) is 6.92 Å². The number of nitro benzene ring substituents is 1. The first-order valence-corrected chi connectivity index (χ1v) is 7.85. The quantitative estimate of drug-likeness (QED) is 0.337. The Balaban J connectivity index is 3.03. The fourth-order valence-electron chi connectivity index (χ4n) is 1.35. The number of alkyl halides is 3. The highest BCUT2D eigenvalue weighted by molar-refractivity contribution is 8.00. The third kappa shape index (κ3) is 4.98. The first kappa shape index (κ1) is 18.4. The third-order valence-corrected chi connectivity index (χ3v) is 4.34. The van der Waals surface area contributed by atoms with Gasteiger partial charge in [-0.2, -0.15) is 13.2 Å². The van der Waals surface area contributed by atoms with Crippen LogP contribution < -0.4 is 0 Å². The highest BCUT2D eigenvalue weighted by atomic mass is 32.2. The molecule has 1 aromatic rings. The van der Waals surface area contributed by atoms with Gasteiger partial charge in [0.15, 0.2) is 10.8 Å². The Bertz CT molecular complexity index is 606. The van der Waals surface area contributed by atoms with E-state index in [4.69, 9.17) is 0 Å². The SMILES string of the molecule is CCOC(=O)CSc1ccc(S(=O)C(F)(F)F)cc1[N+](=O)[O-]. The summed E-state index contributed by atoms with van der Waals surface area (Å²) in [5, 5.41) is 10.9. The van der Waals surface area contributed by atoms with Crippen LogP contribution in [0.4, 0.5) is 18.9 Å². The molecule has 1 unspecified atom stereocenters. The number of carbonyl (C=O) groups excluding carboxylic acids is 1. The van der Waals surface area contributed by atoms with E-state index in [0.717, 1.165) is 23.9 Å². The Morgan fingerprint density at radius 1 is 1.45 bits per heavy atom. The van der Waals surface area contributed by atoms with Crippen LogP contribution in [0.25, 0.3) is 0 Å². The van der Waals surface area contributed by atoms with Gasteiger partial charge in [-0.1, -0.05) is 0 Å². The van der Waals surface area contributed by atoms with Gasteiger partial charge in [-0.25, -0.2) is 4.21 Å². The van der Waals surface area contributed by atoms with Gasteiger partial charge < -0.3 is 4.74 Å². The number of ether oxygens (including phenoxy) is 1. The summed E-state index contributed by atoms with van der Waals surface area (Å²) in [5.74, 6) is -0.833. The molecular weight excluding hydrogens is 347 g/mol. The number of hydrogen-bond acceptors (Lipinski definition) is 6. The zero-order valence-corrected chi connectivity index (χ0v) is 12.7. The zero-order chi connectivity index (χ0) is 16.9. The van der Waals surface area contributed by atoms with Gasteiger partial charge >= 0.3 is 11.5 Å². The smallest absolute Gasteiger partial charge is 0.465 e. The van der Waals surface area contributed by atoms with E-state index in [1.54, 1.807) is 6.92 Å². The molecule has 0 aliphatic carbocycles. The van der Waals surface area contributed by atoms with E-state index >= 15 is 0 Å². The Hall–Kier alpha value is -1.62. The molecule has 0 amide bonds. The molecule has 1 rings (SSSR count). The molecule has 1 atom stereocenters. The molecule has 0 heterocycles. The van der Waals surface area contributed by atoms with Crippen molar-refractivity contribution in [1.29, 1.82) is 0 Å². The lowest BCUT2D eigenvalue weighted by Crippen LogP contribution is -2.16. The topological polar surface area (TPSA) is 86.5 Å². The fourth-order valence-corrected chi connectivity index (χ4v) is 2.83. The molecule has 0 N–H and O–H groups in total. The average Bonchev–Trinajstić information content (AvgIpc) is 2.43. The Morgan fingerprint density at radius 3 is 2.59 bits per heavy atom. The fraction of sp³-hybridized carbons (Fsp3) is 0.364. The van der Waals surface area contributed by atoms with Gasteiger partial charge in [0.25, 0.3) is 5.69 Å². The van der Waals surface area contributed by atoms with Crippen molar-refractivity contribution in [1.82, 2.24) is 0 Å². The average molecular weight is 357 g/mol. The molecule has 22 heavy (non-hydrogen) atoms. The minimum Gasteiger partial charge on any atom is -0.465 e. The molecular formula is C11H10F3NO5S2. The Kier molecular flexibility index (Phi) is 6.35. The summed E-state index contributed by atoms with van der Waals surface area (Å²) in [6.07, 6.45) is 0. The largest absolute Gasteiger partial charge is 0.475 e. The van der Waals surface area contributed by atoms with Crippen LogP contribution in [0, 0.1) is 10.1 Å². The molecule has 1 aromatic carbocycles. The van der Waals surface area contributed by atoms with E-state index in [1.165, 1.54) is 0 Å². The second-order valence-corrected chi connectivity index (χ2v) is 6.18. The zero-order valence-electron chi connectivity index (χ0n) is 11.1. The molecule has 0 bridgehead atoms. The van der Waals surface area contributed by atoms with Crippen LogP contribution in [0.3, 0.4) is 0 Å². The highest BCUT2D eigenvalue weighted by Crippen LogP contribution is 2.34. The normalized spacial score (nSPS) is 12.7. The number of nitrogens with zero attached hydrogens (tertiary/aromatic N) is 1. The molecule has 0 aromatic heterocycles. The van der Waals surface area contributed by atoms with Crippen molar-refractivity contribution in [2.45, 2.75) is 22.2 Å². The number of benzene rings is 1. The molecule has 6 nitrogen and oxygen atoms in total. The predicted molar refractivity (Wildman–Crippen MR) is 72.9 cm³/mol. The molecule has 0 fully saturated rings. The van der Waals surface area contributed by atoms with Gasteiger partial charge in [0.1, 0.15) is 0 Å². The van der Waals surface area contributed by atoms with Gasteiger partial charge in [0, 0.05) is 6.07 Å². The summed E-state index contributed by atoms with van der Waals surface area (Å²) in [5.41, 5.74) is -5.66. The predicted octanol–water partition coefficient (Wildman–Crippen LogP) is 2.88. The molecule has 0 spiro atoms. The summed E-state index contributed by atoms with van der Waals surface area (Å²) < 4.78 is 52.9. The number of esters is 1. The summed E-state index contributed by atoms with van der Waals surface area (Å²) in [4.78, 5) is 20.5. The van der Waals surface area contributed by atoms with Crippen LogP contribution in [-0.2, 0) is 20.3 Å². The molecule has 122 valence electrons. The van der Waals surface area contributed by atoms with Crippen molar-refractivity contribution < 1.29 is 31.8 Å². The van der Waals surface area contributed by atoms with Crippen molar-refractivity contribution in [2.24, 2.45) is 0 Å². The molecule has 0 aliphatic rings. The number of halogens is 3. The van der Waals surface area contributed by atoms with Gasteiger partial charge in [-0.15, -0.1) is 11.8 Å². The van der Waals surface area contributed by atoms with Crippen LogP contribution in [0.15, 0.2) is 28.0 Å². The molecule has 0 saturated carbocycles. The van der Waals surface area contributed by atoms with E-state index < -0.39 is 37.8 Å². The van der Waals surface area contributed by atoms with Crippen LogP contribution in [-0.4, -0.2) is 33.0 Å². The summed E-state index contributed by atoms with van der Waals surface area (Å²) in [6, 6.07) is 2.50. The third-order valence-electron chi connectivity index (χ3n) is 2.20. The van der Waals surface area contributed by atoms with Crippen LogP contribution in [0.5, 0.6) is 0 Å². The standard InChI is InChI=1S/C11H10F3NO5S2/c1-2-20-10(16)6-21-9-4-3-7(5-8(9)15(17)18)22(19)11(12,13)14/h3-5H,2,6H2,1H3. The Labute approximate surface area is 129 Å². The van der Waals surface area contributed by atoms with Gasteiger partial charge in [-0.3, -0.25) is 14.9 Å². The second-order valence-electron chi connectivity index (χ2n) is 3.69. The monoisotopic (exact) mass is 357 g/mol. The van der Waals surface area contributed by atoms with Gasteiger partial charge in [0.2, 0.25) is 0 Å². The molecule has 0 saturated heterocycles. The maximum atomic E-state index is 12.4.